The largest absolute Gasteiger partial charge is 0.387 e. The van der Waals surface area contributed by atoms with Crippen molar-refractivity contribution >= 4 is 0 Å². The fraction of sp³-hybridized carbons (Fsp3) is 0.333. The van der Waals surface area contributed by atoms with Crippen molar-refractivity contribution in [1.82, 2.24) is 0 Å². The maximum Gasteiger partial charge on any atom is 0.187 e. The number of hydrogen-bond donors (Lipinski definition) is 2. The van der Waals surface area contributed by atoms with Gasteiger partial charge in [-0.05, 0) is 33.4 Å². The van der Waals surface area contributed by atoms with Crippen LogP contribution in [-0.2, 0) is 82.3 Å². The van der Waals surface area contributed by atoms with Crippen LogP contribution in [0.15, 0.2) is 182 Å². The molecule has 10 atom stereocenters. The van der Waals surface area contributed by atoms with E-state index in [1.807, 2.05) is 182 Å². The fourth-order valence-corrected chi connectivity index (χ4v) is 8.02. The molecule has 2 aliphatic heterocycles. The molecule has 0 saturated carbocycles. The summed E-state index contributed by atoms with van der Waals surface area (Å²) in [5.41, 5.74) is 5.59. The average Bonchev–Trinajstić information content (AvgIpc) is 3.35. The lowest BCUT2D eigenvalue weighted by atomic mass is 9.96. The van der Waals surface area contributed by atoms with E-state index in [1.165, 1.54) is 0 Å². The van der Waals surface area contributed by atoms with Crippen LogP contribution >= 0.6 is 0 Å². The van der Waals surface area contributed by atoms with Crippen molar-refractivity contribution in [2.75, 3.05) is 13.2 Å². The van der Waals surface area contributed by atoms with Crippen LogP contribution in [0.3, 0.4) is 0 Å². The van der Waals surface area contributed by atoms with Gasteiger partial charge in [0.1, 0.15) is 48.8 Å². The minimum Gasteiger partial charge on any atom is -0.387 e. The molecule has 2 fully saturated rings. The standard InChI is InChI=1S/C54H58O11/c55-47-45(37-57-31-39-19-7-1-8-20-39)64-54(52(62-36-44-29-17-6-18-30-44)49(47)59-33-41-23-11-3-12-24-41)65-48-46(38-58-32-40-21-9-2-10-22-40)63-53(56)51(61-35-43-27-15-5-16-28-43)50(48)60-34-42-25-13-4-14-26-42/h1-30,45-56H,31-38H2. The predicted molar refractivity (Wildman–Crippen MR) is 243 cm³/mol. The zero-order chi connectivity index (χ0) is 44.5. The van der Waals surface area contributed by atoms with Crippen LogP contribution in [0.1, 0.15) is 33.4 Å². The van der Waals surface area contributed by atoms with Gasteiger partial charge >= 0.3 is 0 Å². The molecule has 8 rings (SSSR count). The summed E-state index contributed by atoms with van der Waals surface area (Å²) >= 11 is 0. The van der Waals surface area contributed by atoms with Crippen molar-refractivity contribution < 1.29 is 52.8 Å². The molecule has 65 heavy (non-hydrogen) atoms. The van der Waals surface area contributed by atoms with Crippen molar-refractivity contribution in [3.8, 4) is 0 Å². The van der Waals surface area contributed by atoms with Crippen LogP contribution in [-0.4, -0.2) is 84.8 Å². The van der Waals surface area contributed by atoms with Crippen LogP contribution < -0.4 is 0 Å². The molecule has 2 heterocycles. The lowest BCUT2D eigenvalue weighted by Gasteiger charge is -2.49. The molecule has 6 aromatic rings. The minimum atomic E-state index is -1.41. The first kappa shape index (κ1) is 46.4. The third-order valence-corrected chi connectivity index (χ3v) is 11.4. The molecule has 11 heteroatoms. The molecule has 2 aliphatic rings. The van der Waals surface area contributed by atoms with E-state index in [9.17, 15) is 10.2 Å². The number of hydrogen-bond acceptors (Lipinski definition) is 11. The second kappa shape index (κ2) is 24.4. The Labute approximate surface area is 381 Å². The van der Waals surface area contributed by atoms with E-state index in [4.69, 9.17) is 42.6 Å². The van der Waals surface area contributed by atoms with Crippen molar-refractivity contribution in [1.29, 1.82) is 0 Å². The number of aliphatic hydroxyl groups excluding tert-OH is 2. The van der Waals surface area contributed by atoms with E-state index >= 15 is 0 Å². The molecule has 340 valence electrons. The molecule has 0 aromatic heterocycles. The zero-order valence-corrected chi connectivity index (χ0v) is 36.3. The summed E-state index contributed by atoms with van der Waals surface area (Å²) in [7, 11) is 0. The third-order valence-electron chi connectivity index (χ3n) is 11.4. The van der Waals surface area contributed by atoms with E-state index in [0.717, 1.165) is 33.4 Å². The molecule has 0 bridgehead atoms. The number of ether oxygens (including phenoxy) is 9. The molecule has 10 unspecified atom stereocenters. The first-order valence-corrected chi connectivity index (χ1v) is 22.3. The Balaban J connectivity index is 1.14. The summed E-state index contributed by atoms with van der Waals surface area (Å²) in [6, 6.07) is 58.6. The summed E-state index contributed by atoms with van der Waals surface area (Å²) < 4.78 is 59.6. The van der Waals surface area contributed by atoms with Crippen LogP contribution in [0.4, 0.5) is 0 Å². The Hall–Kier alpha value is -5.12. The molecule has 0 amide bonds. The predicted octanol–water partition coefficient (Wildman–Crippen LogP) is 7.95. The van der Waals surface area contributed by atoms with Gasteiger partial charge in [0.2, 0.25) is 0 Å². The maximum absolute atomic E-state index is 12.2. The molecule has 0 aliphatic carbocycles. The summed E-state index contributed by atoms with van der Waals surface area (Å²) in [5.74, 6) is 0. The van der Waals surface area contributed by atoms with Gasteiger partial charge in [-0.25, -0.2) is 0 Å². The summed E-state index contributed by atoms with van der Waals surface area (Å²) in [4.78, 5) is 0. The first-order valence-electron chi connectivity index (χ1n) is 22.3. The van der Waals surface area contributed by atoms with E-state index in [0.29, 0.717) is 6.61 Å². The van der Waals surface area contributed by atoms with Crippen LogP contribution in [0.2, 0.25) is 0 Å². The highest BCUT2D eigenvalue weighted by Crippen LogP contribution is 2.35. The lowest BCUT2D eigenvalue weighted by Crippen LogP contribution is -2.66. The Kier molecular flexibility index (Phi) is 17.4. The van der Waals surface area contributed by atoms with Gasteiger partial charge in [-0.2, -0.15) is 0 Å². The summed E-state index contributed by atoms with van der Waals surface area (Å²) in [6.07, 6.45) is -10.4. The molecule has 11 nitrogen and oxygen atoms in total. The number of benzene rings is 6. The molecule has 0 spiro atoms. The van der Waals surface area contributed by atoms with Crippen molar-refractivity contribution in [3.63, 3.8) is 0 Å². The fourth-order valence-electron chi connectivity index (χ4n) is 8.02. The first-order chi connectivity index (χ1) is 32.1. The molecule has 2 saturated heterocycles. The van der Waals surface area contributed by atoms with E-state index in [1.54, 1.807) is 0 Å². The third kappa shape index (κ3) is 13.5. The Bertz CT molecular complexity index is 2210. The molecule has 6 aromatic carbocycles. The van der Waals surface area contributed by atoms with Crippen molar-refractivity contribution in [2.45, 2.75) is 101 Å². The highest BCUT2D eigenvalue weighted by molar-refractivity contribution is 5.18. The maximum atomic E-state index is 12.2. The highest BCUT2D eigenvalue weighted by atomic mass is 16.7. The van der Waals surface area contributed by atoms with E-state index in [-0.39, 0.29) is 46.2 Å². The Morgan fingerprint density at radius 2 is 0.677 bits per heavy atom. The van der Waals surface area contributed by atoms with Crippen LogP contribution in [0.25, 0.3) is 0 Å². The number of aliphatic hydroxyl groups is 2. The molecule has 0 radical (unpaired) electrons. The SMILES string of the molecule is OC1OC(COCc2ccccc2)C(OC2OC(COCc3ccccc3)C(O)C(OCc3ccccc3)C2OCc2ccccc2)C(OCc2ccccc2)C1OCc1ccccc1. The zero-order valence-electron chi connectivity index (χ0n) is 36.3. The number of rotatable bonds is 22. The average molecular weight is 883 g/mol. The molecule has 2 N–H and O–H groups in total. The topological polar surface area (TPSA) is 124 Å². The monoisotopic (exact) mass is 882 g/mol. The van der Waals surface area contributed by atoms with Gasteiger partial charge in [-0.1, -0.05) is 182 Å². The smallest absolute Gasteiger partial charge is 0.187 e. The minimum absolute atomic E-state index is 0.0206. The molecular formula is C54H58O11. The quantitative estimate of drug-likeness (QED) is 0.0691. The van der Waals surface area contributed by atoms with Crippen LogP contribution in [0.5, 0.6) is 0 Å². The van der Waals surface area contributed by atoms with Crippen molar-refractivity contribution in [3.05, 3.63) is 215 Å². The van der Waals surface area contributed by atoms with E-state index < -0.39 is 61.4 Å². The van der Waals surface area contributed by atoms with Gasteiger partial charge in [-0.3, -0.25) is 0 Å². The Morgan fingerprint density at radius 3 is 1.09 bits per heavy atom. The normalized spacial score (nSPS) is 25.6. The summed E-state index contributed by atoms with van der Waals surface area (Å²) in [5, 5.41) is 24.0. The van der Waals surface area contributed by atoms with Gasteiger partial charge in [0.15, 0.2) is 12.6 Å². The van der Waals surface area contributed by atoms with E-state index in [2.05, 4.69) is 0 Å². The Morgan fingerprint density at radius 1 is 0.338 bits per heavy atom. The van der Waals surface area contributed by atoms with Gasteiger partial charge in [0.25, 0.3) is 0 Å². The second-order valence-corrected chi connectivity index (χ2v) is 16.2. The summed E-state index contributed by atoms with van der Waals surface area (Å²) in [6.45, 7) is 1.34. The van der Waals surface area contributed by atoms with Gasteiger partial charge in [0, 0.05) is 0 Å². The lowest BCUT2D eigenvalue weighted by molar-refractivity contribution is -0.371. The van der Waals surface area contributed by atoms with Gasteiger partial charge in [0.05, 0.1) is 52.9 Å². The van der Waals surface area contributed by atoms with Crippen molar-refractivity contribution in [2.24, 2.45) is 0 Å². The van der Waals surface area contributed by atoms with Gasteiger partial charge < -0.3 is 52.8 Å². The molecular weight excluding hydrogens is 825 g/mol. The second-order valence-electron chi connectivity index (χ2n) is 16.2. The van der Waals surface area contributed by atoms with Gasteiger partial charge in [-0.15, -0.1) is 0 Å². The highest BCUT2D eigenvalue weighted by Gasteiger charge is 2.53. The van der Waals surface area contributed by atoms with Crippen LogP contribution in [0, 0.1) is 0 Å².